The molecule has 0 saturated carbocycles. The van der Waals surface area contributed by atoms with Crippen molar-refractivity contribution in [2.75, 3.05) is 0 Å². The van der Waals surface area contributed by atoms with Gasteiger partial charge in [-0.15, -0.1) is 0 Å². The number of aryl methyl sites for hydroxylation is 1. The minimum Gasteiger partial charge on any atom is -0.337 e. The van der Waals surface area contributed by atoms with Gasteiger partial charge >= 0.3 is 0 Å². The lowest BCUT2D eigenvalue weighted by Crippen LogP contribution is -2.22. The Hall–Kier alpha value is -1.43. The average molecular weight is 269 g/mol. The van der Waals surface area contributed by atoms with Crippen LogP contribution in [0.2, 0.25) is 0 Å². The Bertz CT molecular complexity index is 531. The Morgan fingerprint density at radius 2 is 2.33 bits per heavy atom. The lowest BCUT2D eigenvalue weighted by molar-refractivity contribution is 0.663. The van der Waals surface area contributed by atoms with Gasteiger partial charge in [0, 0.05) is 25.6 Å². The van der Waals surface area contributed by atoms with E-state index in [1.807, 2.05) is 17.8 Å². The minimum atomic E-state index is -0.104. The van der Waals surface area contributed by atoms with E-state index in [2.05, 4.69) is 25.9 Å². The minimum absolute atomic E-state index is 0.104. The molecule has 0 aromatic carbocycles. The molecule has 0 atom stereocenters. The molecule has 0 aliphatic heterocycles. The SMILES string of the molecule is Cn1ccnc1Cn1cncc(Br)c1=O. The fourth-order valence-corrected chi connectivity index (χ4v) is 1.58. The second-order valence-corrected chi connectivity index (χ2v) is 3.98. The zero-order valence-corrected chi connectivity index (χ0v) is 9.68. The fraction of sp³-hybridized carbons (Fsp3) is 0.222. The largest absolute Gasteiger partial charge is 0.337 e. The molecule has 0 aliphatic carbocycles. The summed E-state index contributed by atoms with van der Waals surface area (Å²) in [6.45, 7) is 0.425. The maximum absolute atomic E-state index is 11.6. The van der Waals surface area contributed by atoms with E-state index in [0.29, 0.717) is 11.0 Å². The van der Waals surface area contributed by atoms with Crippen LogP contribution < -0.4 is 5.56 Å². The lowest BCUT2D eigenvalue weighted by Gasteiger charge is -2.04. The van der Waals surface area contributed by atoms with Gasteiger partial charge in [-0.25, -0.2) is 9.97 Å². The average Bonchev–Trinajstić information content (AvgIpc) is 2.60. The van der Waals surface area contributed by atoms with Crippen LogP contribution >= 0.6 is 15.9 Å². The molecule has 0 saturated heterocycles. The lowest BCUT2D eigenvalue weighted by atomic mass is 10.5. The maximum Gasteiger partial charge on any atom is 0.268 e. The van der Waals surface area contributed by atoms with Gasteiger partial charge in [-0.05, 0) is 15.9 Å². The van der Waals surface area contributed by atoms with Crippen LogP contribution in [0.1, 0.15) is 5.82 Å². The molecule has 0 unspecified atom stereocenters. The number of rotatable bonds is 2. The fourth-order valence-electron chi connectivity index (χ4n) is 1.24. The summed E-state index contributed by atoms with van der Waals surface area (Å²) in [6, 6.07) is 0. The van der Waals surface area contributed by atoms with E-state index < -0.39 is 0 Å². The number of aromatic nitrogens is 4. The number of imidazole rings is 1. The van der Waals surface area contributed by atoms with E-state index >= 15 is 0 Å². The highest BCUT2D eigenvalue weighted by atomic mass is 79.9. The van der Waals surface area contributed by atoms with Gasteiger partial charge in [-0.3, -0.25) is 9.36 Å². The van der Waals surface area contributed by atoms with Crippen molar-refractivity contribution in [2.45, 2.75) is 6.54 Å². The third-order valence-electron chi connectivity index (χ3n) is 2.09. The molecule has 0 N–H and O–H groups in total. The molecule has 0 aliphatic rings. The summed E-state index contributed by atoms with van der Waals surface area (Å²) >= 11 is 3.15. The standard InChI is InChI=1S/C9H9BrN4O/c1-13-3-2-12-8(13)5-14-6-11-4-7(10)9(14)15/h2-4,6H,5H2,1H3. The molecule has 2 aromatic heterocycles. The van der Waals surface area contributed by atoms with Gasteiger partial charge in [0.2, 0.25) is 0 Å². The third kappa shape index (κ3) is 1.99. The van der Waals surface area contributed by atoms with Crippen molar-refractivity contribution in [3.8, 4) is 0 Å². The molecule has 0 fully saturated rings. The quantitative estimate of drug-likeness (QED) is 0.809. The molecule has 15 heavy (non-hydrogen) atoms. The van der Waals surface area contributed by atoms with Crippen LogP contribution in [0.4, 0.5) is 0 Å². The molecule has 6 heteroatoms. The van der Waals surface area contributed by atoms with Crippen LogP contribution in [-0.4, -0.2) is 19.1 Å². The zero-order valence-electron chi connectivity index (χ0n) is 8.09. The molecule has 2 rings (SSSR count). The Morgan fingerprint density at radius 1 is 1.53 bits per heavy atom. The summed E-state index contributed by atoms with van der Waals surface area (Å²) in [5.74, 6) is 0.817. The van der Waals surface area contributed by atoms with E-state index in [1.165, 1.54) is 17.1 Å². The number of hydrogen-bond donors (Lipinski definition) is 0. The van der Waals surface area contributed by atoms with Crippen molar-refractivity contribution < 1.29 is 0 Å². The Kier molecular flexibility index (Phi) is 2.68. The Balaban J connectivity index is 2.37. The first-order valence-electron chi connectivity index (χ1n) is 4.34. The molecule has 0 amide bonds. The summed E-state index contributed by atoms with van der Waals surface area (Å²) in [5.41, 5.74) is -0.104. The molecule has 2 heterocycles. The van der Waals surface area contributed by atoms with Crippen molar-refractivity contribution in [2.24, 2.45) is 7.05 Å². The van der Waals surface area contributed by atoms with Gasteiger partial charge in [0.25, 0.3) is 5.56 Å². The second-order valence-electron chi connectivity index (χ2n) is 3.13. The molecule has 5 nitrogen and oxygen atoms in total. The molecule has 2 aromatic rings. The molecule has 0 radical (unpaired) electrons. The zero-order chi connectivity index (χ0) is 10.8. The highest BCUT2D eigenvalue weighted by molar-refractivity contribution is 9.10. The highest BCUT2D eigenvalue weighted by Gasteiger charge is 2.04. The van der Waals surface area contributed by atoms with E-state index in [-0.39, 0.29) is 5.56 Å². The number of halogens is 1. The predicted molar refractivity (Wildman–Crippen MR) is 58.5 cm³/mol. The van der Waals surface area contributed by atoms with Crippen LogP contribution in [0, 0.1) is 0 Å². The molecular weight excluding hydrogens is 260 g/mol. The van der Waals surface area contributed by atoms with Crippen LogP contribution in [0.3, 0.4) is 0 Å². The van der Waals surface area contributed by atoms with Crippen molar-refractivity contribution in [3.63, 3.8) is 0 Å². The van der Waals surface area contributed by atoms with Crippen molar-refractivity contribution in [1.82, 2.24) is 19.1 Å². The monoisotopic (exact) mass is 268 g/mol. The first-order chi connectivity index (χ1) is 7.18. The van der Waals surface area contributed by atoms with E-state index in [1.54, 1.807) is 6.20 Å². The van der Waals surface area contributed by atoms with Crippen molar-refractivity contribution in [3.05, 3.63) is 45.6 Å². The first kappa shape index (κ1) is 10.1. The summed E-state index contributed by atoms with van der Waals surface area (Å²) < 4.78 is 3.83. The molecular formula is C9H9BrN4O. The molecule has 0 spiro atoms. The van der Waals surface area contributed by atoms with Crippen molar-refractivity contribution >= 4 is 15.9 Å². The molecule has 0 bridgehead atoms. The summed E-state index contributed by atoms with van der Waals surface area (Å²) in [4.78, 5) is 19.7. The first-order valence-corrected chi connectivity index (χ1v) is 5.14. The van der Waals surface area contributed by atoms with Crippen molar-refractivity contribution in [1.29, 1.82) is 0 Å². The highest BCUT2D eigenvalue weighted by Crippen LogP contribution is 2.00. The second kappa shape index (κ2) is 3.98. The maximum atomic E-state index is 11.6. The Morgan fingerprint density at radius 3 is 3.00 bits per heavy atom. The van der Waals surface area contributed by atoms with Gasteiger partial charge in [0.1, 0.15) is 10.3 Å². The van der Waals surface area contributed by atoms with Gasteiger partial charge in [-0.2, -0.15) is 0 Å². The van der Waals surface area contributed by atoms with E-state index in [4.69, 9.17) is 0 Å². The van der Waals surface area contributed by atoms with Gasteiger partial charge < -0.3 is 4.57 Å². The van der Waals surface area contributed by atoms with Gasteiger partial charge in [0.05, 0.1) is 12.9 Å². The Labute approximate surface area is 94.5 Å². The third-order valence-corrected chi connectivity index (χ3v) is 2.64. The van der Waals surface area contributed by atoms with Crippen LogP contribution in [0.25, 0.3) is 0 Å². The molecule has 78 valence electrons. The smallest absolute Gasteiger partial charge is 0.268 e. The van der Waals surface area contributed by atoms with E-state index in [0.717, 1.165) is 5.82 Å². The number of nitrogens with zero attached hydrogens (tertiary/aromatic N) is 4. The topological polar surface area (TPSA) is 52.7 Å². The summed E-state index contributed by atoms with van der Waals surface area (Å²) in [5, 5.41) is 0. The van der Waals surface area contributed by atoms with Gasteiger partial charge in [0.15, 0.2) is 0 Å². The summed E-state index contributed by atoms with van der Waals surface area (Å²) in [7, 11) is 1.89. The predicted octanol–water partition coefficient (Wildman–Crippen LogP) is 0.788. The number of hydrogen-bond acceptors (Lipinski definition) is 3. The summed E-state index contributed by atoms with van der Waals surface area (Å²) in [6.07, 6.45) is 6.52. The normalized spacial score (nSPS) is 10.5. The van der Waals surface area contributed by atoms with Crippen LogP contribution in [0.15, 0.2) is 34.2 Å². The van der Waals surface area contributed by atoms with Crippen LogP contribution in [0.5, 0.6) is 0 Å². The van der Waals surface area contributed by atoms with Crippen LogP contribution in [-0.2, 0) is 13.6 Å². The van der Waals surface area contributed by atoms with E-state index in [9.17, 15) is 4.79 Å². The van der Waals surface area contributed by atoms with Gasteiger partial charge in [-0.1, -0.05) is 0 Å².